The lowest BCUT2D eigenvalue weighted by molar-refractivity contribution is -0.141. The Morgan fingerprint density at radius 3 is 2.33 bits per heavy atom. The number of nitrogens with one attached hydrogen (secondary N) is 1. The van der Waals surface area contributed by atoms with Crippen molar-refractivity contribution < 1.29 is 24.2 Å². The summed E-state index contributed by atoms with van der Waals surface area (Å²) in [7, 11) is 1.55. The fourth-order valence-electron chi connectivity index (χ4n) is 1.71. The van der Waals surface area contributed by atoms with Crippen molar-refractivity contribution in [1.29, 1.82) is 0 Å². The summed E-state index contributed by atoms with van der Waals surface area (Å²) < 4.78 is 5.01. The van der Waals surface area contributed by atoms with Gasteiger partial charge in [-0.15, -0.1) is 0 Å². The van der Waals surface area contributed by atoms with Crippen LogP contribution >= 0.6 is 0 Å². The number of ether oxygens (including phenoxy) is 1. The van der Waals surface area contributed by atoms with Crippen molar-refractivity contribution in [3.63, 3.8) is 0 Å². The summed E-state index contributed by atoms with van der Waals surface area (Å²) in [5, 5.41) is 11.0. The molecule has 21 heavy (non-hydrogen) atoms. The molecule has 6 heteroatoms. The minimum atomic E-state index is -1.09. The van der Waals surface area contributed by atoms with Gasteiger partial charge in [0.15, 0.2) is 5.78 Å². The van der Waals surface area contributed by atoms with Crippen LogP contribution in [0.5, 0.6) is 5.75 Å². The first-order valence-corrected chi connectivity index (χ1v) is 6.63. The maximum atomic E-state index is 11.9. The molecule has 0 radical (unpaired) electrons. The topological polar surface area (TPSA) is 92.7 Å². The Kier molecular flexibility index (Phi) is 6.39. The van der Waals surface area contributed by atoms with E-state index in [1.54, 1.807) is 31.4 Å². The van der Waals surface area contributed by atoms with Gasteiger partial charge in [0.05, 0.1) is 7.11 Å². The van der Waals surface area contributed by atoms with Gasteiger partial charge in [-0.3, -0.25) is 14.4 Å². The molecule has 0 aliphatic carbocycles. The number of carboxylic acids is 1. The summed E-state index contributed by atoms with van der Waals surface area (Å²) in [6, 6.07) is 5.83. The van der Waals surface area contributed by atoms with Crippen LogP contribution in [0.4, 0.5) is 0 Å². The molecule has 6 nitrogen and oxygen atoms in total. The van der Waals surface area contributed by atoms with Crippen LogP contribution in [0.1, 0.15) is 36.5 Å². The molecular formula is C15H19NO5. The molecule has 1 aromatic carbocycles. The van der Waals surface area contributed by atoms with E-state index in [1.165, 1.54) is 6.92 Å². The second-order valence-electron chi connectivity index (χ2n) is 4.63. The maximum Gasteiger partial charge on any atom is 0.325 e. The van der Waals surface area contributed by atoms with Gasteiger partial charge in [-0.1, -0.05) is 0 Å². The number of aliphatic carboxylic acids is 1. The molecule has 1 atom stereocenters. The molecule has 0 spiro atoms. The summed E-state index contributed by atoms with van der Waals surface area (Å²) in [4.78, 5) is 33.9. The highest BCUT2D eigenvalue weighted by atomic mass is 16.5. The van der Waals surface area contributed by atoms with Gasteiger partial charge in [0, 0.05) is 18.4 Å². The largest absolute Gasteiger partial charge is 0.497 e. The normalized spacial score (nSPS) is 11.5. The van der Waals surface area contributed by atoms with Crippen LogP contribution < -0.4 is 10.1 Å². The van der Waals surface area contributed by atoms with E-state index in [2.05, 4.69) is 5.32 Å². The van der Waals surface area contributed by atoms with E-state index in [9.17, 15) is 14.4 Å². The fourth-order valence-corrected chi connectivity index (χ4v) is 1.71. The van der Waals surface area contributed by atoms with E-state index in [0.717, 1.165) is 0 Å². The zero-order valence-corrected chi connectivity index (χ0v) is 12.1. The number of carbonyl (C=O) groups is 3. The summed E-state index contributed by atoms with van der Waals surface area (Å²) in [5.74, 6) is -0.838. The fraction of sp³-hybridized carbons (Fsp3) is 0.400. The van der Waals surface area contributed by atoms with Crippen LogP contribution in [0, 0.1) is 0 Å². The van der Waals surface area contributed by atoms with Crippen LogP contribution in [0.2, 0.25) is 0 Å². The second-order valence-corrected chi connectivity index (χ2v) is 4.63. The van der Waals surface area contributed by atoms with Crippen LogP contribution in [0.15, 0.2) is 24.3 Å². The predicted octanol–water partition coefficient (Wildman–Crippen LogP) is 1.64. The Hall–Kier alpha value is -2.37. The van der Waals surface area contributed by atoms with E-state index in [0.29, 0.717) is 17.7 Å². The first kappa shape index (κ1) is 16.7. The molecular weight excluding hydrogens is 274 g/mol. The number of hydrogen-bond donors (Lipinski definition) is 2. The molecule has 0 saturated heterocycles. The van der Waals surface area contributed by atoms with Gasteiger partial charge in [-0.25, -0.2) is 0 Å². The smallest absolute Gasteiger partial charge is 0.325 e. The molecule has 1 aromatic rings. The van der Waals surface area contributed by atoms with Gasteiger partial charge >= 0.3 is 5.97 Å². The Bertz CT molecular complexity index is 509. The molecule has 2 N–H and O–H groups in total. The van der Waals surface area contributed by atoms with Gasteiger partial charge in [0.2, 0.25) is 5.91 Å². The maximum absolute atomic E-state index is 11.9. The van der Waals surface area contributed by atoms with Crippen LogP contribution in [-0.4, -0.2) is 35.9 Å². The summed E-state index contributed by atoms with van der Waals surface area (Å²) in [6.07, 6.45) is 0.740. The highest BCUT2D eigenvalue weighted by molar-refractivity contribution is 5.96. The molecule has 0 aliphatic heterocycles. The number of methoxy groups -OCH3 is 1. The van der Waals surface area contributed by atoms with Gasteiger partial charge < -0.3 is 15.2 Å². The highest BCUT2D eigenvalue weighted by Crippen LogP contribution is 2.13. The molecule has 114 valence electrons. The van der Waals surface area contributed by atoms with E-state index in [1.807, 2.05) is 0 Å². The number of hydrogen-bond acceptors (Lipinski definition) is 4. The van der Waals surface area contributed by atoms with Crippen LogP contribution in [0.3, 0.4) is 0 Å². The third-order valence-corrected chi connectivity index (χ3v) is 2.97. The van der Waals surface area contributed by atoms with Crippen molar-refractivity contribution in [2.45, 2.75) is 32.2 Å². The molecule has 0 aromatic heterocycles. The van der Waals surface area contributed by atoms with Crippen molar-refractivity contribution in [1.82, 2.24) is 5.32 Å². The summed E-state index contributed by atoms with van der Waals surface area (Å²) >= 11 is 0. The van der Waals surface area contributed by atoms with E-state index in [4.69, 9.17) is 9.84 Å². The first-order valence-electron chi connectivity index (χ1n) is 6.63. The number of Topliss-reactive ketones (excluding diaryl/α,β-unsaturated/α-hetero) is 1. The molecule has 0 heterocycles. The van der Waals surface area contributed by atoms with E-state index in [-0.39, 0.29) is 24.5 Å². The van der Waals surface area contributed by atoms with Crippen molar-refractivity contribution in [3.8, 4) is 5.75 Å². The third-order valence-electron chi connectivity index (χ3n) is 2.97. The lowest BCUT2D eigenvalue weighted by Crippen LogP contribution is -2.38. The number of amides is 1. The molecule has 1 unspecified atom stereocenters. The van der Waals surface area contributed by atoms with Crippen molar-refractivity contribution in [2.24, 2.45) is 0 Å². The number of carbonyl (C=O) groups excluding carboxylic acids is 2. The minimum absolute atomic E-state index is 0.0586. The number of carboxylic acid groups (broad SMARTS) is 1. The average Bonchev–Trinajstić information content (AvgIpc) is 2.47. The van der Waals surface area contributed by atoms with Crippen molar-refractivity contribution >= 4 is 17.7 Å². The molecule has 0 aliphatic rings. The van der Waals surface area contributed by atoms with E-state index >= 15 is 0 Å². The Balaban J connectivity index is 2.36. The quantitative estimate of drug-likeness (QED) is 0.711. The van der Waals surface area contributed by atoms with Crippen LogP contribution in [0.25, 0.3) is 0 Å². The minimum Gasteiger partial charge on any atom is -0.497 e. The zero-order chi connectivity index (χ0) is 15.8. The monoisotopic (exact) mass is 293 g/mol. The molecule has 1 rings (SSSR count). The first-order chi connectivity index (χ1) is 9.93. The van der Waals surface area contributed by atoms with E-state index < -0.39 is 12.0 Å². The van der Waals surface area contributed by atoms with Gasteiger partial charge in [-0.2, -0.15) is 0 Å². The van der Waals surface area contributed by atoms with Crippen LogP contribution in [-0.2, 0) is 9.59 Å². The Labute approximate surface area is 123 Å². The van der Waals surface area contributed by atoms with Gasteiger partial charge in [-0.05, 0) is 37.6 Å². The highest BCUT2D eigenvalue weighted by Gasteiger charge is 2.14. The van der Waals surface area contributed by atoms with Crippen molar-refractivity contribution in [2.75, 3.05) is 7.11 Å². The molecule has 1 amide bonds. The lowest BCUT2D eigenvalue weighted by atomic mass is 10.1. The molecule has 0 bridgehead atoms. The number of benzene rings is 1. The summed E-state index contributed by atoms with van der Waals surface area (Å²) in [6.45, 7) is 1.39. The van der Waals surface area contributed by atoms with Gasteiger partial charge in [0.25, 0.3) is 0 Å². The average molecular weight is 293 g/mol. The lowest BCUT2D eigenvalue weighted by Gasteiger charge is -2.08. The SMILES string of the molecule is COc1ccc(C(=O)CCCC(=O)NC(C)C(=O)O)cc1. The number of ketones is 1. The van der Waals surface area contributed by atoms with Crippen molar-refractivity contribution in [3.05, 3.63) is 29.8 Å². The second kappa shape index (κ2) is 8.04. The molecule has 0 fully saturated rings. The Morgan fingerprint density at radius 2 is 1.81 bits per heavy atom. The Morgan fingerprint density at radius 1 is 1.19 bits per heavy atom. The predicted molar refractivity (Wildman–Crippen MR) is 76.4 cm³/mol. The molecule has 0 saturated carbocycles. The third kappa shape index (κ3) is 5.64. The number of rotatable bonds is 8. The zero-order valence-electron chi connectivity index (χ0n) is 12.1. The summed E-state index contributed by atoms with van der Waals surface area (Å²) in [5.41, 5.74) is 0.565. The standard InChI is InChI=1S/C15H19NO5/c1-10(15(19)20)16-14(18)5-3-4-13(17)11-6-8-12(21-2)9-7-11/h6-10H,3-5H2,1-2H3,(H,16,18)(H,19,20). The van der Waals surface area contributed by atoms with Gasteiger partial charge in [0.1, 0.15) is 11.8 Å².